The largest absolute Gasteiger partial charge is 0.310 e. The van der Waals surface area contributed by atoms with Crippen LogP contribution < -0.4 is 16.0 Å². The van der Waals surface area contributed by atoms with Crippen molar-refractivity contribution in [3.8, 4) is 11.4 Å². The highest BCUT2D eigenvalue weighted by Gasteiger charge is 2.22. The smallest absolute Gasteiger partial charge is 0.113 e. The van der Waals surface area contributed by atoms with E-state index < -0.39 is 0 Å². The number of fused-ring (bicyclic) bond motifs is 6. The van der Waals surface area contributed by atoms with Gasteiger partial charge in [-0.3, -0.25) is 0 Å². The molecule has 2 nitrogen and oxygen atoms in total. The second-order valence-corrected chi connectivity index (χ2v) is 15.4. The van der Waals surface area contributed by atoms with Gasteiger partial charge in [0.15, 0.2) is 0 Å². The van der Waals surface area contributed by atoms with Crippen molar-refractivity contribution in [2.75, 3.05) is 0 Å². The number of benzene rings is 4. The number of hydrogen-bond acceptors (Lipinski definition) is 0. The van der Waals surface area contributed by atoms with Gasteiger partial charge in [-0.1, -0.05) is 106 Å². The number of alkyl halides is 1. The Morgan fingerprint density at radius 1 is 0.605 bits per heavy atom. The van der Waals surface area contributed by atoms with E-state index in [0.717, 1.165) is 11.2 Å². The Morgan fingerprint density at radius 3 is 1.67 bits per heavy atom. The summed E-state index contributed by atoms with van der Waals surface area (Å²) in [6.07, 6.45) is 4.82. The molecule has 4 heteroatoms. The van der Waals surface area contributed by atoms with Crippen LogP contribution in [0.25, 0.3) is 56.2 Å². The number of halogens is 1. The summed E-state index contributed by atoms with van der Waals surface area (Å²) < 4.78 is 4.81. The lowest BCUT2D eigenvalue weighted by Crippen LogP contribution is -2.35. The van der Waals surface area contributed by atoms with Crippen LogP contribution in [0.15, 0.2) is 78.9 Å². The fourth-order valence-corrected chi connectivity index (χ4v) is 7.02. The molecule has 0 saturated heterocycles. The summed E-state index contributed by atoms with van der Waals surface area (Å²) in [5, 5.41) is 6.34. The zero-order chi connectivity index (χ0) is 30.4. The van der Waals surface area contributed by atoms with E-state index in [9.17, 15) is 0 Å². The van der Waals surface area contributed by atoms with E-state index in [0.29, 0.717) is 10.7 Å². The maximum Gasteiger partial charge on any atom is 0.113 e. The molecule has 2 radical (unpaired) electrons. The quantitative estimate of drug-likeness (QED) is 0.136. The van der Waals surface area contributed by atoms with E-state index in [1.54, 1.807) is 0 Å². The number of rotatable bonds is 2. The maximum atomic E-state index is 6.29. The van der Waals surface area contributed by atoms with Gasteiger partial charge in [0.1, 0.15) is 7.85 Å². The Kier molecular flexibility index (Phi) is 6.42. The number of aromatic nitrogens is 2. The molecule has 43 heavy (non-hydrogen) atoms. The third-order valence-electron chi connectivity index (χ3n) is 9.18. The second-order valence-electron chi connectivity index (χ2n) is 14.4. The van der Waals surface area contributed by atoms with Crippen LogP contribution in [0.3, 0.4) is 0 Å². The van der Waals surface area contributed by atoms with Gasteiger partial charge in [0.05, 0.1) is 21.9 Å². The molecule has 0 N–H and O–H groups in total. The van der Waals surface area contributed by atoms with Crippen LogP contribution in [0.5, 0.6) is 0 Å². The summed E-state index contributed by atoms with van der Waals surface area (Å²) in [4.78, 5) is 0.322. The van der Waals surface area contributed by atoms with Gasteiger partial charge in [0.25, 0.3) is 0 Å². The Bertz CT molecular complexity index is 2180. The first kappa shape index (κ1) is 28.3. The Balaban J connectivity index is 1.44. The van der Waals surface area contributed by atoms with E-state index in [1.807, 2.05) is 6.07 Å². The van der Waals surface area contributed by atoms with Crippen LogP contribution in [-0.2, 0) is 10.8 Å². The van der Waals surface area contributed by atoms with Crippen LogP contribution in [0.4, 0.5) is 0 Å². The van der Waals surface area contributed by atoms with Gasteiger partial charge in [-0.05, 0) is 82.5 Å². The van der Waals surface area contributed by atoms with Crippen molar-refractivity contribution >= 4 is 74.1 Å². The molecule has 1 aliphatic rings. The summed E-state index contributed by atoms with van der Waals surface area (Å²) in [7, 11) is 6.29. The topological polar surface area (TPSA) is 9.86 Å². The van der Waals surface area contributed by atoms with Crippen molar-refractivity contribution < 1.29 is 0 Å². The fourth-order valence-electron chi connectivity index (χ4n) is 6.61. The molecule has 0 aliphatic heterocycles. The van der Waals surface area contributed by atoms with Crippen LogP contribution in [0, 0.1) is 5.92 Å². The molecule has 0 bridgehead atoms. The van der Waals surface area contributed by atoms with E-state index in [-0.39, 0.29) is 10.8 Å². The molecule has 1 aliphatic carbocycles. The normalized spacial score (nSPS) is 17.3. The molecule has 2 aromatic heterocycles. The highest BCUT2D eigenvalue weighted by molar-refractivity contribution is 9.09. The molecule has 214 valence electrons. The highest BCUT2D eigenvalue weighted by atomic mass is 79.9. The zero-order valence-corrected chi connectivity index (χ0v) is 27.8. The van der Waals surface area contributed by atoms with Gasteiger partial charge in [0, 0.05) is 37.6 Å². The van der Waals surface area contributed by atoms with Gasteiger partial charge in [-0.2, -0.15) is 0 Å². The SMILES string of the molecule is [B]c1ccc2c(c1)c1cc(C(C)(C)C)ccc1n2-c1ccc(-n2c3c(c4cc(C(C)(C)C)ccc42)=CC(Br)C(C)C=3)cc1. The molecule has 0 spiro atoms. The molecule has 4 aromatic carbocycles. The lowest BCUT2D eigenvalue weighted by atomic mass is 9.86. The Hall–Kier alpha value is -3.50. The molecule has 6 aromatic rings. The van der Waals surface area contributed by atoms with Gasteiger partial charge >= 0.3 is 0 Å². The summed E-state index contributed by atoms with van der Waals surface area (Å²) in [6.45, 7) is 15.9. The molecule has 0 amide bonds. The van der Waals surface area contributed by atoms with Crippen molar-refractivity contribution in [3.05, 3.63) is 101 Å². The standard InChI is InChI=1S/C39H38BBrN2/c1-23-18-37-32(22-33(23)41)30-20-25(39(5,6)7)9-16-35(30)43(37)28-13-11-27(12-14-28)42-34-15-8-24(38(2,3)4)19-29(34)31-21-26(40)10-17-36(31)42/h8-23,33H,1-7H3. The van der Waals surface area contributed by atoms with E-state index in [2.05, 4.69) is 158 Å². The first-order valence-electron chi connectivity index (χ1n) is 15.3. The predicted octanol–water partition coefficient (Wildman–Crippen LogP) is 8.09. The third-order valence-corrected chi connectivity index (χ3v) is 10.3. The van der Waals surface area contributed by atoms with E-state index in [1.165, 1.54) is 60.1 Å². The molecule has 0 saturated carbocycles. The van der Waals surface area contributed by atoms with Crippen molar-refractivity contribution in [2.24, 2.45) is 5.92 Å². The first-order chi connectivity index (χ1) is 20.3. The monoisotopic (exact) mass is 624 g/mol. The Morgan fingerprint density at radius 2 is 1.09 bits per heavy atom. The lowest BCUT2D eigenvalue weighted by molar-refractivity contribution is 0.591. The predicted molar refractivity (Wildman–Crippen MR) is 190 cm³/mol. The minimum atomic E-state index is 0.0672. The molecule has 2 unspecified atom stereocenters. The van der Waals surface area contributed by atoms with Crippen molar-refractivity contribution in [1.82, 2.24) is 9.13 Å². The number of hydrogen-bond donors (Lipinski definition) is 0. The zero-order valence-electron chi connectivity index (χ0n) is 26.2. The highest BCUT2D eigenvalue weighted by Crippen LogP contribution is 2.35. The maximum absolute atomic E-state index is 6.29. The van der Waals surface area contributed by atoms with Crippen LogP contribution >= 0.6 is 15.9 Å². The average molecular weight is 625 g/mol. The van der Waals surface area contributed by atoms with Crippen LogP contribution in [0.2, 0.25) is 0 Å². The Labute approximate surface area is 264 Å². The molecule has 0 fully saturated rings. The first-order valence-corrected chi connectivity index (χ1v) is 16.2. The fraction of sp³-hybridized carbons (Fsp3) is 0.282. The van der Waals surface area contributed by atoms with Crippen LogP contribution in [-0.4, -0.2) is 21.8 Å². The lowest BCUT2D eigenvalue weighted by Gasteiger charge is -2.19. The molecule has 2 atom stereocenters. The van der Waals surface area contributed by atoms with Gasteiger partial charge < -0.3 is 9.13 Å². The molecule has 7 rings (SSSR count). The minimum absolute atomic E-state index is 0.0672. The summed E-state index contributed by atoms with van der Waals surface area (Å²) in [5.74, 6) is 0.403. The summed E-state index contributed by atoms with van der Waals surface area (Å²) >= 11 is 3.92. The van der Waals surface area contributed by atoms with Crippen molar-refractivity contribution in [3.63, 3.8) is 0 Å². The van der Waals surface area contributed by atoms with Crippen LogP contribution in [0.1, 0.15) is 59.6 Å². The van der Waals surface area contributed by atoms with Gasteiger partial charge in [0.2, 0.25) is 0 Å². The van der Waals surface area contributed by atoms with E-state index >= 15 is 0 Å². The summed E-state index contributed by atoms with van der Waals surface area (Å²) in [6, 6.07) is 29.2. The second kappa shape index (κ2) is 9.76. The van der Waals surface area contributed by atoms with Crippen molar-refractivity contribution in [1.29, 1.82) is 0 Å². The third kappa shape index (κ3) is 4.61. The minimum Gasteiger partial charge on any atom is -0.310 e. The number of nitrogens with zero attached hydrogens (tertiary/aromatic N) is 2. The van der Waals surface area contributed by atoms with Gasteiger partial charge in [-0.15, -0.1) is 0 Å². The molecular weight excluding hydrogens is 587 g/mol. The van der Waals surface area contributed by atoms with E-state index in [4.69, 9.17) is 7.85 Å². The average Bonchev–Trinajstić information content (AvgIpc) is 3.43. The molecule has 2 heterocycles. The van der Waals surface area contributed by atoms with Crippen molar-refractivity contribution in [2.45, 2.75) is 64.1 Å². The summed E-state index contributed by atoms with van der Waals surface area (Å²) in [5.41, 5.74) is 9.54. The van der Waals surface area contributed by atoms with Gasteiger partial charge in [-0.25, -0.2) is 0 Å². The molecular formula is C39H38BBrN2.